The van der Waals surface area contributed by atoms with Crippen LogP contribution in [0.5, 0.6) is 0 Å². The van der Waals surface area contributed by atoms with E-state index in [1.165, 1.54) is 0 Å². The van der Waals surface area contributed by atoms with Crippen LogP contribution in [-0.2, 0) is 4.79 Å². The Hall–Kier alpha value is -2.96. The molecule has 1 aliphatic rings. The van der Waals surface area contributed by atoms with Gasteiger partial charge in [-0.25, -0.2) is 4.52 Å². The van der Waals surface area contributed by atoms with Crippen molar-refractivity contribution in [3.63, 3.8) is 0 Å². The van der Waals surface area contributed by atoms with Crippen LogP contribution in [0.3, 0.4) is 0 Å². The van der Waals surface area contributed by atoms with Crippen LogP contribution in [-0.4, -0.2) is 45.3 Å². The van der Waals surface area contributed by atoms with Crippen molar-refractivity contribution in [1.82, 2.24) is 19.5 Å². The van der Waals surface area contributed by atoms with Gasteiger partial charge < -0.3 is 9.88 Å². The third-order valence-electron chi connectivity index (χ3n) is 4.72. The fraction of sp³-hybridized carbons (Fsp3) is 0.294. The van der Waals surface area contributed by atoms with E-state index in [2.05, 4.69) is 10.1 Å². The summed E-state index contributed by atoms with van der Waals surface area (Å²) in [6.07, 6.45) is 3.21. The van der Waals surface area contributed by atoms with Gasteiger partial charge in [-0.2, -0.15) is 5.10 Å². The number of benzene rings is 1. The van der Waals surface area contributed by atoms with E-state index in [1.807, 2.05) is 6.07 Å². The monoisotopic (exact) mass is 324 g/mol. The highest BCUT2D eigenvalue weighted by Crippen LogP contribution is 2.29. The van der Waals surface area contributed by atoms with Crippen LogP contribution in [0.4, 0.5) is 0 Å². The Balaban J connectivity index is 1.92. The number of nitrogens with one attached hydrogen (secondary N) is 1. The van der Waals surface area contributed by atoms with Crippen molar-refractivity contribution >= 4 is 29.2 Å². The number of rotatable bonds is 3. The number of H-pyrrole nitrogens is 1. The van der Waals surface area contributed by atoms with Crippen LogP contribution in [0.1, 0.15) is 34.8 Å². The topological polar surface area (TPSA) is 87.5 Å². The van der Waals surface area contributed by atoms with Gasteiger partial charge in [0.05, 0.1) is 16.6 Å². The fourth-order valence-electron chi connectivity index (χ4n) is 3.50. The SMILES string of the molecule is O=Cc1cccc2nn3c(C4CCN(C=O)CC4)cc(=O)[nH]c3c12. The van der Waals surface area contributed by atoms with Crippen molar-refractivity contribution in [3.05, 3.63) is 45.9 Å². The van der Waals surface area contributed by atoms with Gasteiger partial charge in [0.1, 0.15) is 5.65 Å². The number of piperidine rings is 1. The number of aromatic amines is 1. The van der Waals surface area contributed by atoms with Gasteiger partial charge >= 0.3 is 0 Å². The molecular weight excluding hydrogens is 308 g/mol. The maximum absolute atomic E-state index is 12.2. The number of amides is 1. The molecule has 1 N–H and O–H groups in total. The first kappa shape index (κ1) is 14.6. The average molecular weight is 324 g/mol. The Morgan fingerprint density at radius 3 is 2.71 bits per heavy atom. The predicted molar refractivity (Wildman–Crippen MR) is 88.3 cm³/mol. The molecule has 1 aromatic carbocycles. The average Bonchev–Trinajstić information content (AvgIpc) is 2.99. The van der Waals surface area contributed by atoms with E-state index < -0.39 is 0 Å². The van der Waals surface area contributed by atoms with Crippen LogP contribution < -0.4 is 5.56 Å². The minimum absolute atomic E-state index is 0.153. The molecule has 7 nitrogen and oxygen atoms in total. The zero-order chi connectivity index (χ0) is 16.7. The Morgan fingerprint density at radius 2 is 2.00 bits per heavy atom. The van der Waals surface area contributed by atoms with Crippen LogP contribution >= 0.6 is 0 Å². The zero-order valence-electron chi connectivity index (χ0n) is 12.9. The molecule has 0 aliphatic carbocycles. The first-order valence-corrected chi connectivity index (χ1v) is 7.90. The molecule has 1 saturated heterocycles. The van der Waals surface area contributed by atoms with Crippen molar-refractivity contribution in [2.45, 2.75) is 18.8 Å². The number of likely N-dealkylation sites (tertiary alicyclic amines) is 1. The highest BCUT2D eigenvalue weighted by Gasteiger charge is 2.24. The minimum Gasteiger partial charge on any atom is -0.345 e. The summed E-state index contributed by atoms with van der Waals surface area (Å²) >= 11 is 0. The summed E-state index contributed by atoms with van der Waals surface area (Å²) in [6.45, 7) is 1.34. The van der Waals surface area contributed by atoms with E-state index >= 15 is 0 Å². The quantitative estimate of drug-likeness (QED) is 0.736. The molecule has 0 bridgehead atoms. The molecule has 3 aromatic rings. The second-order valence-corrected chi connectivity index (χ2v) is 6.09. The number of nitrogens with zero attached hydrogens (tertiary/aromatic N) is 3. The fourth-order valence-corrected chi connectivity index (χ4v) is 3.50. The summed E-state index contributed by atoms with van der Waals surface area (Å²) in [4.78, 5) is 38.9. The van der Waals surface area contributed by atoms with Crippen molar-refractivity contribution in [3.8, 4) is 0 Å². The van der Waals surface area contributed by atoms with E-state index in [4.69, 9.17) is 0 Å². The van der Waals surface area contributed by atoms with E-state index in [0.717, 1.165) is 31.2 Å². The van der Waals surface area contributed by atoms with E-state index in [-0.39, 0.29) is 11.5 Å². The van der Waals surface area contributed by atoms with Gasteiger partial charge in [0, 0.05) is 30.6 Å². The molecule has 0 saturated carbocycles. The summed E-state index contributed by atoms with van der Waals surface area (Å²) in [7, 11) is 0. The number of aromatic nitrogens is 3. The third kappa shape index (κ3) is 2.20. The van der Waals surface area contributed by atoms with E-state index in [0.29, 0.717) is 35.2 Å². The zero-order valence-corrected chi connectivity index (χ0v) is 12.9. The Morgan fingerprint density at radius 1 is 1.21 bits per heavy atom. The summed E-state index contributed by atoms with van der Waals surface area (Å²) in [5, 5.41) is 5.25. The van der Waals surface area contributed by atoms with Gasteiger partial charge in [-0.15, -0.1) is 0 Å². The first-order valence-electron chi connectivity index (χ1n) is 7.90. The Labute approximate surface area is 136 Å². The number of hydrogen-bond donors (Lipinski definition) is 1. The minimum atomic E-state index is -0.210. The van der Waals surface area contributed by atoms with Crippen LogP contribution in [0.2, 0.25) is 0 Å². The van der Waals surface area contributed by atoms with Gasteiger partial charge in [0.2, 0.25) is 6.41 Å². The number of carbonyl (C=O) groups excluding carboxylic acids is 2. The van der Waals surface area contributed by atoms with Gasteiger partial charge in [0.15, 0.2) is 6.29 Å². The normalized spacial score (nSPS) is 15.9. The summed E-state index contributed by atoms with van der Waals surface area (Å²) in [5.74, 6) is 0.153. The molecule has 3 heterocycles. The maximum Gasteiger partial charge on any atom is 0.251 e. The second kappa shape index (κ2) is 5.59. The van der Waals surface area contributed by atoms with Crippen molar-refractivity contribution in [2.75, 3.05) is 13.1 Å². The lowest BCUT2D eigenvalue weighted by molar-refractivity contribution is -0.119. The molecule has 24 heavy (non-hydrogen) atoms. The highest BCUT2D eigenvalue weighted by molar-refractivity contribution is 6.04. The van der Waals surface area contributed by atoms with E-state index in [1.54, 1.807) is 27.6 Å². The smallest absolute Gasteiger partial charge is 0.251 e. The molecule has 0 unspecified atom stereocenters. The lowest BCUT2D eigenvalue weighted by Gasteiger charge is -2.29. The van der Waals surface area contributed by atoms with Crippen LogP contribution in [0, 0.1) is 0 Å². The molecule has 0 spiro atoms. The van der Waals surface area contributed by atoms with Crippen LogP contribution in [0.25, 0.3) is 16.6 Å². The molecule has 1 aliphatic heterocycles. The molecule has 2 aromatic heterocycles. The lowest BCUT2D eigenvalue weighted by Crippen LogP contribution is -2.32. The number of fused-ring (bicyclic) bond motifs is 3. The molecule has 0 atom stereocenters. The molecule has 1 amide bonds. The number of aldehydes is 1. The molecule has 122 valence electrons. The summed E-state index contributed by atoms with van der Waals surface area (Å²) < 4.78 is 1.74. The molecule has 0 radical (unpaired) electrons. The molecule has 1 fully saturated rings. The third-order valence-corrected chi connectivity index (χ3v) is 4.72. The predicted octanol–water partition coefficient (Wildman–Crippen LogP) is 1.32. The molecule has 4 rings (SSSR count). The van der Waals surface area contributed by atoms with Gasteiger partial charge in [-0.3, -0.25) is 14.4 Å². The van der Waals surface area contributed by atoms with Crippen molar-refractivity contribution < 1.29 is 9.59 Å². The van der Waals surface area contributed by atoms with Gasteiger partial charge in [-0.05, 0) is 18.9 Å². The standard InChI is InChI=1S/C17H16N4O3/c22-9-12-2-1-3-13-16(12)17-18-15(24)8-14(21(17)19-13)11-4-6-20(10-23)7-5-11/h1-3,8-11H,4-7H2,(H,18,24). The highest BCUT2D eigenvalue weighted by atomic mass is 16.1. The Bertz CT molecular complexity index is 996. The van der Waals surface area contributed by atoms with E-state index in [9.17, 15) is 14.4 Å². The van der Waals surface area contributed by atoms with Crippen molar-refractivity contribution in [2.24, 2.45) is 0 Å². The second-order valence-electron chi connectivity index (χ2n) is 6.09. The first-order chi connectivity index (χ1) is 11.7. The maximum atomic E-state index is 12.2. The van der Waals surface area contributed by atoms with Crippen molar-refractivity contribution in [1.29, 1.82) is 0 Å². The van der Waals surface area contributed by atoms with Gasteiger partial charge in [0.25, 0.3) is 5.56 Å². The Kier molecular flexibility index (Phi) is 3.41. The number of carbonyl (C=O) groups is 2. The van der Waals surface area contributed by atoms with Crippen LogP contribution in [0.15, 0.2) is 29.1 Å². The van der Waals surface area contributed by atoms with Gasteiger partial charge in [-0.1, -0.05) is 12.1 Å². The summed E-state index contributed by atoms with van der Waals surface area (Å²) in [6, 6.07) is 6.89. The lowest BCUT2D eigenvalue weighted by atomic mass is 9.93. The molecular formula is C17H16N4O3. The largest absolute Gasteiger partial charge is 0.345 e. The summed E-state index contributed by atoms with van der Waals surface area (Å²) in [5.41, 5.74) is 2.34. The molecule has 7 heteroatoms. The number of hydrogen-bond acceptors (Lipinski definition) is 4.